The molecule has 15 heavy (non-hydrogen) atoms. The average molecular weight is 199 g/mol. The highest BCUT2D eigenvalue weighted by Gasteiger charge is 2.03. The predicted molar refractivity (Wildman–Crippen MR) is 62.2 cm³/mol. The van der Waals surface area contributed by atoms with E-state index in [4.69, 9.17) is 4.74 Å². The number of fused-ring (bicyclic) bond motifs is 1. The van der Waals surface area contributed by atoms with Crippen LogP contribution in [-0.4, -0.2) is 11.6 Å². The summed E-state index contributed by atoms with van der Waals surface area (Å²) in [5.74, 6) is 0.816. The second kappa shape index (κ2) is 4.13. The number of ether oxygens (including phenoxy) is 1. The molecule has 0 amide bonds. The molecule has 76 valence electrons. The zero-order chi connectivity index (χ0) is 10.7. The van der Waals surface area contributed by atoms with Crippen LogP contribution in [-0.2, 0) is 0 Å². The molecule has 2 nitrogen and oxygen atoms in total. The molecule has 0 N–H and O–H groups in total. The Balaban J connectivity index is 2.55. The first-order valence-corrected chi connectivity index (χ1v) is 4.91. The molecule has 0 aliphatic rings. The fourth-order valence-corrected chi connectivity index (χ4v) is 1.55. The lowest BCUT2D eigenvalue weighted by Gasteiger charge is -2.07. The molecule has 2 aromatic rings. The van der Waals surface area contributed by atoms with Gasteiger partial charge in [-0.25, -0.2) is 0 Å². The summed E-state index contributed by atoms with van der Waals surface area (Å²) in [6.45, 7) is 6.21. The number of hydrogen-bond donors (Lipinski definition) is 0. The van der Waals surface area contributed by atoms with Crippen molar-refractivity contribution in [3.05, 3.63) is 48.7 Å². The van der Waals surface area contributed by atoms with E-state index in [-0.39, 0.29) is 0 Å². The zero-order valence-corrected chi connectivity index (χ0v) is 8.73. The average Bonchev–Trinajstić information content (AvgIpc) is 2.27. The van der Waals surface area contributed by atoms with Crippen molar-refractivity contribution in [2.75, 3.05) is 6.61 Å². The van der Waals surface area contributed by atoms with Gasteiger partial charge in [0.2, 0.25) is 0 Å². The molecule has 0 fully saturated rings. The molecule has 0 aliphatic heterocycles. The van der Waals surface area contributed by atoms with Crippen LogP contribution in [0.25, 0.3) is 10.9 Å². The van der Waals surface area contributed by atoms with Gasteiger partial charge >= 0.3 is 0 Å². The summed E-state index contributed by atoms with van der Waals surface area (Å²) in [4.78, 5) is 4.34. The van der Waals surface area contributed by atoms with E-state index in [1.54, 1.807) is 12.3 Å². The normalized spacial score (nSPS) is 10.2. The van der Waals surface area contributed by atoms with Crippen molar-refractivity contribution in [2.45, 2.75) is 6.92 Å². The van der Waals surface area contributed by atoms with Gasteiger partial charge in [0.1, 0.15) is 17.9 Å². The van der Waals surface area contributed by atoms with Gasteiger partial charge in [-0.3, -0.25) is 4.98 Å². The minimum absolute atomic E-state index is 0.509. The van der Waals surface area contributed by atoms with Crippen LogP contribution in [0, 0.1) is 6.92 Å². The van der Waals surface area contributed by atoms with Gasteiger partial charge < -0.3 is 4.74 Å². The van der Waals surface area contributed by atoms with Gasteiger partial charge in [-0.15, -0.1) is 0 Å². The monoisotopic (exact) mass is 199 g/mol. The Bertz CT molecular complexity index is 491. The first-order chi connectivity index (χ1) is 7.33. The molecule has 0 atom stereocenters. The molecule has 0 radical (unpaired) electrons. The fourth-order valence-electron chi connectivity index (χ4n) is 1.55. The Morgan fingerprint density at radius 1 is 1.40 bits per heavy atom. The van der Waals surface area contributed by atoms with Crippen molar-refractivity contribution < 1.29 is 4.74 Å². The first kappa shape index (κ1) is 9.71. The lowest BCUT2D eigenvalue weighted by Crippen LogP contribution is -1.95. The molecule has 0 saturated heterocycles. The van der Waals surface area contributed by atoms with Crippen molar-refractivity contribution in [1.82, 2.24) is 4.98 Å². The van der Waals surface area contributed by atoms with Crippen molar-refractivity contribution in [1.29, 1.82) is 0 Å². The van der Waals surface area contributed by atoms with Gasteiger partial charge in [-0.1, -0.05) is 24.8 Å². The molecule has 0 aliphatic carbocycles. The van der Waals surface area contributed by atoms with E-state index in [9.17, 15) is 0 Å². The topological polar surface area (TPSA) is 22.1 Å². The second-order valence-corrected chi connectivity index (χ2v) is 3.38. The van der Waals surface area contributed by atoms with E-state index in [2.05, 4.69) is 24.6 Å². The van der Waals surface area contributed by atoms with Gasteiger partial charge in [0.05, 0.1) is 0 Å². The number of aryl methyl sites for hydroxylation is 1. The van der Waals surface area contributed by atoms with Crippen molar-refractivity contribution in [3.63, 3.8) is 0 Å². The standard InChI is InChI=1S/C13H13NO/c1-3-9-15-12-6-4-5-11-10(2)7-8-14-13(11)12/h3-8H,1,9H2,2H3. The Hall–Kier alpha value is -1.83. The molecule has 1 aromatic carbocycles. The highest BCUT2D eigenvalue weighted by Crippen LogP contribution is 2.25. The van der Waals surface area contributed by atoms with E-state index in [1.807, 2.05) is 18.2 Å². The summed E-state index contributed by atoms with van der Waals surface area (Å²) in [5, 5.41) is 1.14. The van der Waals surface area contributed by atoms with Gasteiger partial charge in [0.25, 0.3) is 0 Å². The Kier molecular flexibility index (Phi) is 2.68. The summed E-state index contributed by atoms with van der Waals surface area (Å²) < 4.78 is 5.54. The first-order valence-electron chi connectivity index (χ1n) is 4.91. The van der Waals surface area contributed by atoms with Crippen LogP contribution in [0.2, 0.25) is 0 Å². The number of hydrogen-bond acceptors (Lipinski definition) is 2. The molecular formula is C13H13NO. The molecular weight excluding hydrogens is 186 g/mol. The predicted octanol–water partition coefficient (Wildman–Crippen LogP) is 3.11. The van der Waals surface area contributed by atoms with Crippen LogP contribution >= 0.6 is 0 Å². The van der Waals surface area contributed by atoms with E-state index in [1.165, 1.54) is 5.56 Å². The molecule has 0 saturated carbocycles. The molecule has 2 heteroatoms. The largest absolute Gasteiger partial charge is 0.487 e. The van der Waals surface area contributed by atoms with E-state index < -0.39 is 0 Å². The van der Waals surface area contributed by atoms with Crippen LogP contribution in [0.4, 0.5) is 0 Å². The van der Waals surface area contributed by atoms with Crippen molar-refractivity contribution >= 4 is 10.9 Å². The van der Waals surface area contributed by atoms with E-state index in [0.717, 1.165) is 16.7 Å². The summed E-state index contributed by atoms with van der Waals surface area (Å²) in [7, 11) is 0. The molecule has 1 heterocycles. The van der Waals surface area contributed by atoms with Gasteiger partial charge in [0.15, 0.2) is 0 Å². The molecule has 0 spiro atoms. The molecule has 0 bridgehead atoms. The summed E-state index contributed by atoms with van der Waals surface area (Å²) in [6, 6.07) is 7.96. The number of benzene rings is 1. The zero-order valence-electron chi connectivity index (χ0n) is 8.73. The lowest BCUT2D eigenvalue weighted by molar-refractivity contribution is 0.367. The summed E-state index contributed by atoms with van der Waals surface area (Å²) >= 11 is 0. The van der Waals surface area contributed by atoms with Crippen LogP contribution in [0.5, 0.6) is 5.75 Å². The van der Waals surface area contributed by atoms with Crippen LogP contribution in [0.3, 0.4) is 0 Å². The lowest BCUT2D eigenvalue weighted by atomic mass is 10.1. The smallest absolute Gasteiger partial charge is 0.146 e. The fraction of sp³-hybridized carbons (Fsp3) is 0.154. The van der Waals surface area contributed by atoms with E-state index >= 15 is 0 Å². The third kappa shape index (κ3) is 1.84. The SMILES string of the molecule is C=CCOc1cccc2c(C)ccnc12. The minimum atomic E-state index is 0.509. The van der Waals surface area contributed by atoms with Crippen molar-refractivity contribution in [3.8, 4) is 5.75 Å². The third-order valence-electron chi connectivity index (χ3n) is 2.31. The quantitative estimate of drug-likeness (QED) is 0.708. The summed E-state index contributed by atoms with van der Waals surface area (Å²) in [6.07, 6.45) is 3.53. The molecule has 2 rings (SSSR count). The number of rotatable bonds is 3. The maximum atomic E-state index is 5.54. The van der Waals surface area contributed by atoms with Gasteiger partial charge in [-0.2, -0.15) is 0 Å². The second-order valence-electron chi connectivity index (χ2n) is 3.38. The Morgan fingerprint density at radius 3 is 3.07 bits per heavy atom. The van der Waals surface area contributed by atoms with Gasteiger partial charge in [0, 0.05) is 11.6 Å². The van der Waals surface area contributed by atoms with Gasteiger partial charge in [-0.05, 0) is 24.6 Å². The summed E-state index contributed by atoms with van der Waals surface area (Å²) in [5.41, 5.74) is 2.13. The number of pyridine rings is 1. The highest BCUT2D eigenvalue weighted by atomic mass is 16.5. The minimum Gasteiger partial charge on any atom is -0.487 e. The highest BCUT2D eigenvalue weighted by molar-refractivity contribution is 5.86. The van der Waals surface area contributed by atoms with Crippen LogP contribution in [0.15, 0.2) is 43.1 Å². The van der Waals surface area contributed by atoms with E-state index in [0.29, 0.717) is 6.61 Å². The third-order valence-corrected chi connectivity index (χ3v) is 2.31. The number of nitrogens with zero attached hydrogens (tertiary/aromatic N) is 1. The Morgan fingerprint density at radius 2 is 2.27 bits per heavy atom. The molecule has 0 unspecified atom stereocenters. The molecule has 1 aromatic heterocycles. The number of aromatic nitrogens is 1. The maximum Gasteiger partial charge on any atom is 0.146 e. The van der Waals surface area contributed by atoms with Crippen LogP contribution < -0.4 is 4.74 Å². The number of para-hydroxylation sites is 1. The van der Waals surface area contributed by atoms with Crippen LogP contribution in [0.1, 0.15) is 5.56 Å². The van der Waals surface area contributed by atoms with Crippen molar-refractivity contribution in [2.24, 2.45) is 0 Å². The maximum absolute atomic E-state index is 5.54. The Labute approximate surface area is 89.2 Å².